The molecule has 1 aromatic rings. The normalized spacial score (nSPS) is 28.0. The van der Waals surface area contributed by atoms with E-state index in [1.54, 1.807) is 33.9 Å². The Morgan fingerprint density at radius 2 is 1.82 bits per heavy atom. The standard InChI is InChI=1S/C31H43N3O5/c1-8-15-32(7)28(36)24-23-13-14-31(39-23)25(24)29(37)34(22(18-35)17-19(3)4)27(31)30(38)33(16-9-2)26-20(5)11-10-12-21(26)6/h8-12,19,22-25,27,35H,1-2,13-18H2,3-7H3/t22-,23-,24+,25+,27?,31?/m1/s1. The van der Waals surface area contributed by atoms with Crippen molar-refractivity contribution in [2.45, 2.75) is 70.7 Å². The van der Waals surface area contributed by atoms with Crippen molar-refractivity contribution >= 4 is 23.4 Å². The molecule has 1 N–H and O–H groups in total. The van der Waals surface area contributed by atoms with Crippen molar-refractivity contribution in [3.63, 3.8) is 0 Å². The minimum absolute atomic E-state index is 0.171. The minimum Gasteiger partial charge on any atom is -0.394 e. The fourth-order valence-corrected chi connectivity index (χ4v) is 7.20. The van der Waals surface area contributed by atoms with Crippen LogP contribution in [0.3, 0.4) is 0 Å². The number of ether oxygens (including phenoxy) is 1. The van der Waals surface area contributed by atoms with Crippen molar-refractivity contribution in [1.82, 2.24) is 9.80 Å². The molecule has 3 saturated heterocycles. The summed E-state index contributed by atoms with van der Waals surface area (Å²) in [6.07, 6.45) is 4.53. The van der Waals surface area contributed by atoms with Gasteiger partial charge in [-0.1, -0.05) is 44.2 Å². The van der Waals surface area contributed by atoms with Crippen molar-refractivity contribution < 1.29 is 24.2 Å². The number of benzene rings is 1. The Labute approximate surface area is 232 Å². The maximum Gasteiger partial charge on any atom is 0.253 e. The monoisotopic (exact) mass is 537 g/mol. The molecule has 3 amide bonds. The van der Waals surface area contributed by atoms with E-state index in [-0.39, 0.29) is 36.8 Å². The Morgan fingerprint density at radius 3 is 2.38 bits per heavy atom. The van der Waals surface area contributed by atoms with Crippen LogP contribution in [0.1, 0.15) is 44.2 Å². The topological polar surface area (TPSA) is 90.4 Å². The number of aliphatic hydroxyl groups excluding tert-OH is 1. The average Bonchev–Trinajstić information content (AvgIpc) is 3.53. The summed E-state index contributed by atoms with van der Waals surface area (Å²) >= 11 is 0. The maximum atomic E-state index is 14.8. The summed E-state index contributed by atoms with van der Waals surface area (Å²) in [6.45, 7) is 15.9. The number of nitrogens with zero attached hydrogens (tertiary/aromatic N) is 3. The summed E-state index contributed by atoms with van der Waals surface area (Å²) in [4.78, 5) is 47.6. The van der Waals surface area contributed by atoms with Crippen molar-refractivity contribution in [1.29, 1.82) is 0 Å². The van der Waals surface area contributed by atoms with Crippen LogP contribution < -0.4 is 4.90 Å². The lowest BCUT2D eigenvalue weighted by atomic mass is 9.70. The lowest BCUT2D eigenvalue weighted by molar-refractivity contribution is -0.147. The average molecular weight is 538 g/mol. The van der Waals surface area contributed by atoms with Crippen LogP contribution in [0.5, 0.6) is 0 Å². The number of amides is 3. The second-order valence-corrected chi connectivity index (χ2v) is 11.8. The molecule has 8 heteroatoms. The van der Waals surface area contributed by atoms with E-state index < -0.39 is 35.6 Å². The number of aryl methyl sites for hydroxylation is 2. The quantitative estimate of drug-likeness (QED) is 0.438. The molecule has 4 rings (SSSR count). The summed E-state index contributed by atoms with van der Waals surface area (Å²) < 4.78 is 6.61. The zero-order chi connectivity index (χ0) is 28.6. The van der Waals surface area contributed by atoms with E-state index in [0.717, 1.165) is 16.8 Å². The highest BCUT2D eigenvalue weighted by Crippen LogP contribution is 2.59. The SMILES string of the molecule is C=CCN(C)C(=O)[C@@H]1[C@H]2C(=O)N([C@@H](CO)CC(C)C)C(C(=O)N(CC=C)c3c(C)cccc3C)C23CC[C@H]1O3. The molecule has 1 aromatic carbocycles. The Morgan fingerprint density at radius 1 is 1.18 bits per heavy atom. The third-order valence-corrected chi connectivity index (χ3v) is 8.67. The van der Waals surface area contributed by atoms with Gasteiger partial charge in [-0.15, -0.1) is 13.2 Å². The molecule has 3 heterocycles. The molecule has 0 aliphatic carbocycles. The van der Waals surface area contributed by atoms with Crippen molar-refractivity contribution in [3.8, 4) is 0 Å². The number of anilines is 1. The summed E-state index contributed by atoms with van der Waals surface area (Å²) in [5.74, 6) is -1.99. The Balaban J connectivity index is 1.86. The number of carbonyl (C=O) groups excluding carboxylic acids is 3. The van der Waals surface area contributed by atoms with Gasteiger partial charge < -0.3 is 24.5 Å². The predicted molar refractivity (Wildman–Crippen MR) is 151 cm³/mol. The van der Waals surface area contributed by atoms with Gasteiger partial charge in [-0.05, 0) is 50.2 Å². The van der Waals surface area contributed by atoms with E-state index in [2.05, 4.69) is 13.2 Å². The van der Waals surface area contributed by atoms with E-state index in [4.69, 9.17) is 4.74 Å². The molecular formula is C31H43N3O5. The Hall–Kier alpha value is -2.97. The lowest BCUT2D eigenvalue weighted by Crippen LogP contribution is -2.59. The number of aliphatic hydroxyl groups is 1. The predicted octanol–water partition coefficient (Wildman–Crippen LogP) is 3.25. The smallest absolute Gasteiger partial charge is 0.253 e. The maximum absolute atomic E-state index is 14.8. The second-order valence-electron chi connectivity index (χ2n) is 11.8. The van der Waals surface area contributed by atoms with Gasteiger partial charge in [0.2, 0.25) is 11.8 Å². The van der Waals surface area contributed by atoms with Crippen LogP contribution in [0, 0.1) is 31.6 Å². The molecule has 2 bridgehead atoms. The number of fused-ring (bicyclic) bond motifs is 1. The highest BCUT2D eigenvalue weighted by molar-refractivity contribution is 6.05. The molecule has 0 radical (unpaired) electrons. The van der Waals surface area contributed by atoms with Crippen molar-refractivity contribution in [3.05, 3.63) is 54.6 Å². The zero-order valence-electron chi connectivity index (χ0n) is 23.9. The summed E-state index contributed by atoms with van der Waals surface area (Å²) in [5, 5.41) is 10.5. The number of para-hydroxylation sites is 1. The molecule has 3 aliphatic rings. The van der Waals surface area contributed by atoms with E-state index in [0.29, 0.717) is 25.8 Å². The number of rotatable bonds is 11. The second kappa shape index (κ2) is 11.3. The molecule has 0 aromatic heterocycles. The van der Waals surface area contributed by atoms with Crippen LogP contribution in [0.4, 0.5) is 5.69 Å². The number of likely N-dealkylation sites (N-methyl/N-ethyl adjacent to an activating group) is 1. The first-order valence-corrected chi connectivity index (χ1v) is 14.0. The first kappa shape index (κ1) is 29.0. The van der Waals surface area contributed by atoms with Crippen LogP contribution in [-0.4, -0.2) is 83.2 Å². The van der Waals surface area contributed by atoms with Gasteiger partial charge in [-0.3, -0.25) is 14.4 Å². The van der Waals surface area contributed by atoms with E-state index in [1.807, 2.05) is 45.9 Å². The van der Waals surface area contributed by atoms with Gasteiger partial charge in [0.05, 0.1) is 30.6 Å². The van der Waals surface area contributed by atoms with Crippen molar-refractivity contribution in [2.75, 3.05) is 31.6 Å². The van der Waals surface area contributed by atoms with Crippen LogP contribution in [0.2, 0.25) is 0 Å². The molecule has 0 saturated carbocycles. The Bertz CT molecular complexity index is 1130. The van der Waals surface area contributed by atoms with Gasteiger partial charge in [0.15, 0.2) is 0 Å². The molecule has 39 heavy (non-hydrogen) atoms. The number of carbonyl (C=O) groups is 3. The van der Waals surface area contributed by atoms with E-state index in [9.17, 15) is 19.5 Å². The minimum atomic E-state index is -1.13. The molecule has 2 unspecified atom stereocenters. The van der Waals surface area contributed by atoms with Gasteiger partial charge in [0, 0.05) is 25.8 Å². The van der Waals surface area contributed by atoms with Gasteiger partial charge in [-0.25, -0.2) is 0 Å². The summed E-state index contributed by atoms with van der Waals surface area (Å²) in [6, 6.07) is 4.34. The third kappa shape index (κ3) is 4.72. The summed E-state index contributed by atoms with van der Waals surface area (Å²) in [5.41, 5.74) is 1.53. The number of hydrogen-bond acceptors (Lipinski definition) is 5. The molecular weight excluding hydrogens is 494 g/mol. The number of hydrogen-bond donors (Lipinski definition) is 1. The number of likely N-dealkylation sites (tertiary alicyclic amines) is 1. The fraction of sp³-hybridized carbons (Fsp3) is 0.581. The van der Waals surface area contributed by atoms with Crippen molar-refractivity contribution in [2.24, 2.45) is 17.8 Å². The first-order chi connectivity index (χ1) is 18.5. The molecule has 3 fully saturated rings. The molecule has 1 spiro atoms. The van der Waals surface area contributed by atoms with E-state index in [1.165, 1.54) is 0 Å². The van der Waals surface area contributed by atoms with Gasteiger partial charge in [-0.2, -0.15) is 0 Å². The van der Waals surface area contributed by atoms with E-state index >= 15 is 0 Å². The van der Waals surface area contributed by atoms with Gasteiger partial charge >= 0.3 is 0 Å². The zero-order valence-corrected chi connectivity index (χ0v) is 23.9. The van der Waals surface area contributed by atoms with Crippen LogP contribution >= 0.6 is 0 Å². The molecule has 212 valence electrons. The third-order valence-electron chi connectivity index (χ3n) is 8.67. The van der Waals surface area contributed by atoms with Gasteiger partial charge in [0.25, 0.3) is 5.91 Å². The summed E-state index contributed by atoms with van der Waals surface area (Å²) in [7, 11) is 1.70. The lowest BCUT2D eigenvalue weighted by Gasteiger charge is -2.40. The highest BCUT2D eigenvalue weighted by Gasteiger charge is 2.75. The first-order valence-electron chi connectivity index (χ1n) is 14.0. The largest absolute Gasteiger partial charge is 0.394 e. The molecule has 6 atom stereocenters. The van der Waals surface area contributed by atoms with Crippen LogP contribution in [-0.2, 0) is 19.1 Å². The van der Waals surface area contributed by atoms with Crippen LogP contribution in [0.25, 0.3) is 0 Å². The Kier molecular flexibility index (Phi) is 8.38. The highest BCUT2D eigenvalue weighted by atomic mass is 16.5. The van der Waals surface area contributed by atoms with Gasteiger partial charge in [0.1, 0.15) is 11.6 Å². The molecule has 8 nitrogen and oxygen atoms in total. The van der Waals surface area contributed by atoms with Crippen LogP contribution in [0.15, 0.2) is 43.5 Å². The fourth-order valence-electron chi connectivity index (χ4n) is 7.20. The molecule has 3 aliphatic heterocycles.